The fourth-order valence-electron chi connectivity index (χ4n) is 1.91. The van der Waals surface area contributed by atoms with E-state index in [4.69, 9.17) is 17.3 Å². The van der Waals surface area contributed by atoms with Gasteiger partial charge in [-0.1, -0.05) is 42.6 Å². The SMILES string of the molecule is Cl.NCCCCCCC(=O)NCCc1ccccc1Cl. The Hall–Kier alpha value is -0.770. The second-order valence-corrected chi connectivity index (χ2v) is 5.05. The van der Waals surface area contributed by atoms with Gasteiger partial charge in [-0.3, -0.25) is 4.79 Å². The molecule has 20 heavy (non-hydrogen) atoms. The van der Waals surface area contributed by atoms with Crippen molar-refractivity contribution in [2.24, 2.45) is 5.73 Å². The molecule has 0 aliphatic rings. The molecule has 1 amide bonds. The molecular formula is C15H24Cl2N2O. The fourth-order valence-corrected chi connectivity index (χ4v) is 2.14. The average molecular weight is 319 g/mol. The highest BCUT2D eigenvalue weighted by atomic mass is 35.5. The van der Waals surface area contributed by atoms with Gasteiger partial charge in [-0.25, -0.2) is 0 Å². The largest absolute Gasteiger partial charge is 0.356 e. The highest BCUT2D eigenvalue weighted by Gasteiger charge is 2.02. The van der Waals surface area contributed by atoms with Crippen molar-refractivity contribution in [2.45, 2.75) is 38.5 Å². The number of nitrogens with two attached hydrogens (primary N) is 1. The summed E-state index contributed by atoms with van der Waals surface area (Å²) >= 11 is 6.05. The molecule has 1 aromatic rings. The summed E-state index contributed by atoms with van der Waals surface area (Å²) in [6, 6.07) is 7.73. The van der Waals surface area contributed by atoms with Gasteiger partial charge in [0.05, 0.1) is 0 Å². The van der Waals surface area contributed by atoms with Crippen LogP contribution in [0.15, 0.2) is 24.3 Å². The highest BCUT2D eigenvalue weighted by Crippen LogP contribution is 2.14. The van der Waals surface area contributed by atoms with Gasteiger partial charge in [0.1, 0.15) is 0 Å². The van der Waals surface area contributed by atoms with Crippen LogP contribution in [0, 0.1) is 0 Å². The number of amides is 1. The van der Waals surface area contributed by atoms with E-state index in [1.165, 1.54) is 0 Å². The van der Waals surface area contributed by atoms with E-state index < -0.39 is 0 Å². The second kappa shape index (κ2) is 12.0. The van der Waals surface area contributed by atoms with Crippen molar-refractivity contribution >= 4 is 29.9 Å². The Morgan fingerprint density at radius 2 is 1.85 bits per heavy atom. The lowest BCUT2D eigenvalue weighted by molar-refractivity contribution is -0.121. The van der Waals surface area contributed by atoms with E-state index in [1.54, 1.807) is 0 Å². The van der Waals surface area contributed by atoms with E-state index in [0.29, 0.717) is 13.0 Å². The normalized spacial score (nSPS) is 9.90. The van der Waals surface area contributed by atoms with Gasteiger partial charge in [-0.2, -0.15) is 0 Å². The molecule has 0 spiro atoms. The number of hydrogen-bond donors (Lipinski definition) is 2. The van der Waals surface area contributed by atoms with Crippen LogP contribution >= 0.6 is 24.0 Å². The molecule has 0 unspecified atom stereocenters. The molecule has 0 aliphatic carbocycles. The molecule has 0 saturated heterocycles. The molecule has 0 fully saturated rings. The lowest BCUT2D eigenvalue weighted by Crippen LogP contribution is -2.25. The average Bonchev–Trinajstić information content (AvgIpc) is 2.41. The Morgan fingerprint density at radius 3 is 2.55 bits per heavy atom. The van der Waals surface area contributed by atoms with Gasteiger partial charge >= 0.3 is 0 Å². The van der Waals surface area contributed by atoms with Gasteiger partial charge in [-0.15, -0.1) is 12.4 Å². The number of nitrogens with one attached hydrogen (secondary N) is 1. The summed E-state index contributed by atoms with van der Waals surface area (Å²) in [5.41, 5.74) is 6.49. The minimum absolute atomic E-state index is 0. The fraction of sp³-hybridized carbons (Fsp3) is 0.533. The van der Waals surface area contributed by atoms with Crippen LogP contribution < -0.4 is 11.1 Å². The number of unbranched alkanes of at least 4 members (excludes halogenated alkanes) is 3. The third-order valence-corrected chi connectivity index (χ3v) is 3.40. The minimum Gasteiger partial charge on any atom is -0.356 e. The summed E-state index contributed by atoms with van der Waals surface area (Å²) in [5, 5.41) is 3.69. The molecule has 0 atom stereocenters. The maximum absolute atomic E-state index is 11.6. The maximum atomic E-state index is 11.6. The lowest BCUT2D eigenvalue weighted by atomic mass is 10.1. The number of rotatable bonds is 9. The summed E-state index contributed by atoms with van der Waals surface area (Å²) in [5.74, 6) is 0.125. The molecule has 3 nitrogen and oxygen atoms in total. The third-order valence-electron chi connectivity index (χ3n) is 3.03. The van der Waals surface area contributed by atoms with Crippen molar-refractivity contribution in [3.63, 3.8) is 0 Å². The topological polar surface area (TPSA) is 55.1 Å². The van der Waals surface area contributed by atoms with E-state index in [-0.39, 0.29) is 18.3 Å². The van der Waals surface area contributed by atoms with Crippen LogP contribution in [0.4, 0.5) is 0 Å². The highest BCUT2D eigenvalue weighted by molar-refractivity contribution is 6.31. The van der Waals surface area contributed by atoms with Crippen molar-refractivity contribution in [2.75, 3.05) is 13.1 Å². The molecule has 0 radical (unpaired) electrons. The number of hydrogen-bond acceptors (Lipinski definition) is 2. The predicted octanol–water partition coefficient (Wildman–Crippen LogP) is 3.33. The van der Waals surface area contributed by atoms with Gasteiger partial charge in [0.2, 0.25) is 5.91 Å². The number of halogens is 2. The molecule has 3 N–H and O–H groups in total. The second-order valence-electron chi connectivity index (χ2n) is 4.64. The van der Waals surface area contributed by atoms with Crippen molar-refractivity contribution in [1.82, 2.24) is 5.32 Å². The Labute approximate surface area is 132 Å². The van der Waals surface area contributed by atoms with Crippen LogP contribution in [0.2, 0.25) is 5.02 Å². The molecule has 0 aromatic heterocycles. The lowest BCUT2D eigenvalue weighted by Gasteiger charge is -2.06. The van der Waals surface area contributed by atoms with Crippen LogP contribution in [0.5, 0.6) is 0 Å². The molecule has 5 heteroatoms. The Morgan fingerprint density at radius 1 is 1.15 bits per heavy atom. The zero-order valence-corrected chi connectivity index (χ0v) is 13.3. The van der Waals surface area contributed by atoms with Gasteiger partial charge in [0, 0.05) is 18.0 Å². The summed E-state index contributed by atoms with van der Waals surface area (Å²) in [7, 11) is 0. The number of benzene rings is 1. The molecule has 0 bridgehead atoms. The zero-order valence-electron chi connectivity index (χ0n) is 11.7. The molecule has 0 aliphatic heterocycles. The first-order valence-electron chi connectivity index (χ1n) is 6.94. The first-order valence-corrected chi connectivity index (χ1v) is 7.32. The van der Waals surface area contributed by atoms with E-state index in [2.05, 4.69) is 5.32 Å². The molecule has 0 heterocycles. The smallest absolute Gasteiger partial charge is 0.220 e. The van der Waals surface area contributed by atoms with E-state index in [1.807, 2.05) is 24.3 Å². The zero-order chi connectivity index (χ0) is 13.9. The first-order chi connectivity index (χ1) is 9.24. The van der Waals surface area contributed by atoms with Gasteiger partial charge in [0.15, 0.2) is 0 Å². The van der Waals surface area contributed by atoms with E-state index in [0.717, 1.165) is 49.2 Å². The van der Waals surface area contributed by atoms with Gasteiger partial charge in [-0.05, 0) is 37.4 Å². The predicted molar refractivity (Wildman–Crippen MR) is 87.6 cm³/mol. The third kappa shape index (κ3) is 8.41. The van der Waals surface area contributed by atoms with Gasteiger partial charge < -0.3 is 11.1 Å². The summed E-state index contributed by atoms with van der Waals surface area (Å²) in [6.07, 6.45) is 5.57. The van der Waals surface area contributed by atoms with Crippen LogP contribution in [-0.2, 0) is 11.2 Å². The molecule has 1 aromatic carbocycles. The van der Waals surface area contributed by atoms with Crippen molar-refractivity contribution in [3.8, 4) is 0 Å². The summed E-state index contributed by atoms with van der Waals surface area (Å²) in [4.78, 5) is 11.6. The van der Waals surface area contributed by atoms with Crippen molar-refractivity contribution in [3.05, 3.63) is 34.9 Å². The summed E-state index contributed by atoms with van der Waals surface area (Å²) < 4.78 is 0. The summed E-state index contributed by atoms with van der Waals surface area (Å²) in [6.45, 7) is 1.38. The molecule has 0 saturated carbocycles. The molecule has 114 valence electrons. The first kappa shape index (κ1) is 19.2. The Kier molecular flexibility index (Phi) is 11.5. The van der Waals surface area contributed by atoms with E-state index in [9.17, 15) is 4.79 Å². The van der Waals surface area contributed by atoms with Crippen molar-refractivity contribution < 1.29 is 4.79 Å². The van der Waals surface area contributed by atoms with Gasteiger partial charge in [0.25, 0.3) is 0 Å². The molecule has 1 rings (SSSR count). The van der Waals surface area contributed by atoms with Crippen LogP contribution in [0.3, 0.4) is 0 Å². The van der Waals surface area contributed by atoms with Crippen molar-refractivity contribution in [1.29, 1.82) is 0 Å². The Bertz CT molecular complexity index is 386. The van der Waals surface area contributed by atoms with E-state index >= 15 is 0 Å². The monoisotopic (exact) mass is 318 g/mol. The quantitative estimate of drug-likeness (QED) is 0.686. The molecular weight excluding hydrogens is 295 g/mol. The minimum atomic E-state index is 0. The number of carbonyl (C=O) groups is 1. The standard InChI is InChI=1S/C15H23ClN2O.ClH/c16-14-8-5-4-7-13(14)10-12-18-15(19)9-3-1-2-6-11-17;/h4-5,7-8H,1-3,6,9-12,17H2,(H,18,19);1H. The Balaban J connectivity index is 0.00000361. The number of carbonyl (C=O) groups excluding carboxylic acids is 1. The maximum Gasteiger partial charge on any atom is 0.220 e. The van der Waals surface area contributed by atoms with Crippen LogP contribution in [-0.4, -0.2) is 19.0 Å². The van der Waals surface area contributed by atoms with Crippen LogP contribution in [0.1, 0.15) is 37.7 Å². The van der Waals surface area contributed by atoms with Crippen LogP contribution in [0.25, 0.3) is 0 Å².